The lowest BCUT2D eigenvalue weighted by atomic mass is 10.1. The highest BCUT2D eigenvalue weighted by Crippen LogP contribution is 2.19. The Bertz CT molecular complexity index is 408. The zero-order chi connectivity index (χ0) is 9.26. The van der Waals surface area contributed by atoms with Gasteiger partial charge < -0.3 is 9.51 Å². The topological polar surface area (TPSA) is 37.5 Å². The zero-order valence-electron chi connectivity index (χ0n) is 7.44. The number of imidazole rings is 1. The Balaban J connectivity index is 2.60. The highest BCUT2D eigenvalue weighted by atomic mass is 16.3. The van der Waals surface area contributed by atoms with Crippen molar-refractivity contribution in [3.8, 4) is 0 Å². The van der Waals surface area contributed by atoms with Crippen LogP contribution in [0.4, 0.5) is 0 Å². The van der Waals surface area contributed by atoms with E-state index in [2.05, 4.69) is 11.2 Å². The van der Waals surface area contributed by atoms with Gasteiger partial charge in [-0.15, -0.1) is 0 Å². The summed E-state index contributed by atoms with van der Waals surface area (Å²) in [5.41, 5.74) is 1.66. The van der Waals surface area contributed by atoms with Gasteiger partial charge in [0.1, 0.15) is 11.8 Å². The molecule has 0 saturated carbocycles. The molecule has 1 atom stereocenters. The Labute approximate surface area is 76.7 Å². The molecule has 1 N–H and O–H groups in total. The molecule has 0 fully saturated rings. The molecule has 13 heavy (non-hydrogen) atoms. The van der Waals surface area contributed by atoms with Gasteiger partial charge in [-0.3, -0.25) is 0 Å². The van der Waals surface area contributed by atoms with Crippen molar-refractivity contribution in [1.82, 2.24) is 9.38 Å². The maximum atomic E-state index is 9.68. The van der Waals surface area contributed by atoms with Gasteiger partial charge in [0.25, 0.3) is 0 Å². The molecule has 67 valence electrons. The zero-order valence-corrected chi connectivity index (χ0v) is 7.44. The largest absolute Gasteiger partial charge is 0.388 e. The lowest BCUT2D eigenvalue weighted by Gasteiger charge is -2.08. The second kappa shape index (κ2) is 3.18. The fourth-order valence-corrected chi connectivity index (χ4v) is 1.39. The summed E-state index contributed by atoms with van der Waals surface area (Å²) in [6, 6.07) is 3.79. The summed E-state index contributed by atoms with van der Waals surface area (Å²) in [5.74, 6) is 0. The highest BCUT2D eigenvalue weighted by molar-refractivity contribution is 5.48. The minimum absolute atomic E-state index is 0.431. The van der Waals surface area contributed by atoms with E-state index in [1.54, 1.807) is 6.20 Å². The highest BCUT2D eigenvalue weighted by Gasteiger charge is 2.09. The molecular weight excluding hydrogens is 164 g/mol. The third-order valence-electron chi connectivity index (χ3n) is 2.14. The third-order valence-corrected chi connectivity index (χ3v) is 2.14. The van der Waals surface area contributed by atoms with Crippen molar-refractivity contribution in [2.75, 3.05) is 0 Å². The van der Waals surface area contributed by atoms with E-state index in [9.17, 15) is 5.11 Å². The number of rotatable bonds is 2. The summed E-state index contributed by atoms with van der Waals surface area (Å²) in [6.45, 7) is 1.95. The predicted octanol–water partition coefficient (Wildman–Crippen LogP) is 1.58. The SMILES string of the molecule is CCC(O)c1cccn2c[c]nc12. The summed E-state index contributed by atoms with van der Waals surface area (Å²) in [7, 11) is 0. The third kappa shape index (κ3) is 1.31. The Morgan fingerprint density at radius 3 is 3.31 bits per heavy atom. The van der Waals surface area contributed by atoms with E-state index < -0.39 is 6.10 Å². The summed E-state index contributed by atoms with van der Waals surface area (Å²) in [5, 5.41) is 9.68. The molecule has 2 aromatic heterocycles. The first-order chi connectivity index (χ1) is 6.33. The van der Waals surface area contributed by atoms with E-state index in [-0.39, 0.29) is 0 Å². The van der Waals surface area contributed by atoms with Gasteiger partial charge in [-0.05, 0) is 12.5 Å². The second-order valence-electron chi connectivity index (χ2n) is 2.99. The first kappa shape index (κ1) is 8.26. The monoisotopic (exact) mass is 175 g/mol. The van der Waals surface area contributed by atoms with Crippen molar-refractivity contribution in [3.63, 3.8) is 0 Å². The molecule has 0 aromatic carbocycles. The first-order valence-electron chi connectivity index (χ1n) is 4.34. The molecule has 0 spiro atoms. The van der Waals surface area contributed by atoms with Gasteiger partial charge in [0.2, 0.25) is 0 Å². The smallest absolute Gasteiger partial charge is 0.143 e. The molecule has 3 nitrogen and oxygen atoms in total. The van der Waals surface area contributed by atoms with Gasteiger partial charge in [0.05, 0.1) is 6.10 Å². The number of hydrogen-bond acceptors (Lipinski definition) is 2. The van der Waals surface area contributed by atoms with Gasteiger partial charge in [0, 0.05) is 18.0 Å². The number of nitrogens with zero attached hydrogens (tertiary/aromatic N) is 2. The van der Waals surface area contributed by atoms with Crippen LogP contribution in [0.15, 0.2) is 24.5 Å². The Hall–Kier alpha value is -1.35. The number of fused-ring (bicyclic) bond motifs is 1. The quantitative estimate of drug-likeness (QED) is 0.752. The lowest BCUT2D eigenvalue weighted by molar-refractivity contribution is 0.174. The summed E-state index contributed by atoms with van der Waals surface area (Å²) < 4.78 is 1.86. The molecule has 0 aliphatic heterocycles. The van der Waals surface area contributed by atoms with Crippen molar-refractivity contribution in [2.45, 2.75) is 19.4 Å². The molecule has 1 radical (unpaired) electrons. The Morgan fingerprint density at radius 1 is 1.69 bits per heavy atom. The van der Waals surface area contributed by atoms with Gasteiger partial charge >= 0.3 is 0 Å². The molecule has 0 aliphatic rings. The molecule has 3 heteroatoms. The average Bonchev–Trinajstić information content (AvgIpc) is 2.63. The Kier molecular flexibility index (Phi) is 2.02. The van der Waals surface area contributed by atoms with Gasteiger partial charge in [-0.25, -0.2) is 4.98 Å². The molecule has 0 saturated heterocycles. The molecule has 1 unspecified atom stereocenters. The standard InChI is InChI=1S/C10H11N2O/c1-2-9(13)8-4-3-6-12-7-5-11-10(8)12/h3-4,6-7,9,13H,2H2,1H3. The van der Waals surface area contributed by atoms with Crippen molar-refractivity contribution in [1.29, 1.82) is 0 Å². The fraction of sp³-hybridized carbons (Fsp3) is 0.300. The molecule has 0 amide bonds. The van der Waals surface area contributed by atoms with Crippen LogP contribution in [0.25, 0.3) is 5.65 Å². The van der Waals surface area contributed by atoms with Gasteiger partial charge in [0.15, 0.2) is 0 Å². The minimum atomic E-state index is -0.431. The van der Waals surface area contributed by atoms with Crippen molar-refractivity contribution < 1.29 is 5.11 Å². The summed E-state index contributed by atoms with van der Waals surface area (Å²) in [4.78, 5) is 4.07. The molecule has 2 heterocycles. The van der Waals surface area contributed by atoms with E-state index in [0.29, 0.717) is 6.42 Å². The maximum absolute atomic E-state index is 9.68. The van der Waals surface area contributed by atoms with Gasteiger partial charge in [-0.2, -0.15) is 0 Å². The maximum Gasteiger partial charge on any atom is 0.143 e. The van der Waals surface area contributed by atoms with Crippen LogP contribution in [0.5, 0.6) is 0 Å². The van der Waals surface area contributed by atoms with Crippen LogP contribution in [0, 0.1) is 6.20 Å². The van der Waals surface area contributed by atoms with Crippen molar-refractivity contribution in [2.24, 2.45) is 0 Å². The van der Waals surface area contributed by atoms with E-state index in [1.807, 2.05) is 29.7 Å². The number of aliphatic hydroxyl groups excluding tert-OH is 1. The fourth-order valence-electron chi connectivity index (χ4n) is 1.39. The van der Waals surface area contributed by atoms with E-state index in [4.69, 9.17) is 0 Å². The van der Waals surface area contributed by atoms with Crippen LogP contribution in [-0.4, -0.2) is 14.5 Å². The summed E-state index contributed by atoms with van der Waals surface area (Å²) >= 11 is 0. The van der Waals surface area contributed by atoms with Crippen LogP contribution in [0.1, 0.15) is 25.0 Å². The van der Waals surface area contributed by atoms with Crippen molar-refractivity contribution >= 4 is 5.65 Å². The number of hydrogen-bond donors (Lipinski definition) is 1. The molecule has 0 aliphatic carbocycles. The number of aliphatic hydroxyl groups is 1. The number of pyridine rings is 1. The van der Waals surface area contributed by atoms with Crippen LogP contribution >= 0.6 is 0 Å². The van der Waals surface area contributed by atoms with Crippen LogP contribution in [-0.2, 0) is 0 Å². The van der Waals surface area contributed by atoms with Crippen LogP contribution in [0.3, 0.4) is 0 Å². The van der Waals surface area contributed by atoms with Crippen molar-refractivity contribution in [3.05, 3.63) is 36.3 Å². The normalized spacial score (nSPS) is 13.4. The lowest BCUT2D eigenvalue weighted by Crippen LogP contribution is -1.98. The molecule has 2 aromatic rings. The Morgan fingerprint density at radius 2 is 2.54 bits per heavy atom. The minimum Gasteiger partial charge on any atom is -0.388 e. The van der Waals surface area contributed by atoms with Crippen LogP contribution in [0.2, 0.25) is 0 Å². The number of aromatic nitrogens is 2. The van der Waals surface area contributed by atoms with E-state index in [1.165, 1.54) is 0 Å². The molecular formula is C10H11N2O. The van der Waals surface area contributed by atoms with Crippen LogP contribution < -0.4 is 0 Å². The van der Waals surface area contributed by atoms with E-state index >= 15 is 0 Å². The average molecular weight is 175 g/mol. The van der Waals surface area contributed by atoms with Gasteiger partial charge in [-0.1, -0.05) is 13.0 Å². The molecule has 2 rings (SSSR count). The predicted molar refractivity (Wildman–Crippen MR) is 49.3 cm³/mol. The first-order valence-corrected chi connectivity index (χ1v) is 4.34. The molecule has 0 bridgehead atoms. The van der Waals surface area contributed by atoms with E-state index in [0.717, 1.165) is 11.2 Å². The summed E-state index contributed by atoms with van der Waals surface area (Å²) in [6.07, 6.45) is 6.67. The second-order valence-corrected chi connectivity index (χ2v) is 2.99.